The summed E-state index contributed by atoms with van der Waals surface area (Å²) in [6, 6.07) is 6.42. The number of nitrogens with one attached hydrogen (secondary N) is 2. The van der Waals surface area contributed by atoms with E-state index in [4.69, 9.17) is 0 Å². The molecule has 0 radical (unpaired) electrons. The Balaban J connectivity index is 2.21. The van der Waals surface area contributed by atoms with Crippen LogP contribution in [0.3, 0.4) is 0 Å². The highest BCUT2D eigenvalue weighted by Gasteiger charge is 2.42. The van der Waals surface area contributed by atoms with Crippen LogP contribution in [0, 0.1) is 0 Å². The number of alkyl halides is 2. The van der Waals surface area contributed by atoms with Crippen LogP contribution in [-0.4, -0.2) is 32.0 Å². The Bertz CT molecular complexity index is 431. The molecule has 1 unspecified atom stereocenters. The molecule has 1 aliphatic heterocycles. The smallest absolute Gasteiger partial charge is 0.267 e. The zero-order valence-corrected chi connectivity index (χ0v) is 10.2. The number of hydrogen-bond acceptors (Lipinski definition) is 2. The van der Waals surface area contributed by atoms with Crippen molar-refractivity contribution in [2.75, 3.05) is 20.1 Å². The van der Waals surface area contributed by atoms with E-state index in [9.17, 15) is 13.6 Å². The van der Waals surface area contributed by atoms with Crippen LogP contribution in [0.4, 0.5) is 8.78 Å². The molecule has 0 spiro atoms. The number of rotatable bonds is 2. The van der Waals surface area contributed by atoms with Gasteiger partial charge in [0.15, 0.2) is 0 Å². The highest BCUT2D eigenvalue weighted by atomic mass is 19.3. The first-order valence-corrected chi connectivity index (χ1v) is 5.95. The molecule has 1 aliphatic rings. The van der Waals surface area contributed by atoms with Gasteiger partial charge in [0.25, 0.3) is 11.8 Å². The molecule has 0 saturated carbocycles. The minimum absolute atomic E-state index is 0.210. The third-order valence-electron chi connectivity index (χ3n) is 3.28. The SMILES string of the molecule is CNC(=O)c1ccc(C2CCNCC2(F)F)cc1. The van der Waals surface area contributed by atoms with Gasteiger partial charge in [0.05, 0.1) is 12.5 Å². The average Bonchev–Trinajstić information content (AvgIpc) is 2.37. The molecule has 1 heterocycles. The Morgan fingerprint density at radius 3 is 2.61 bits per heavy atom. The second-order valence-corrected chi connectivity index (χ2v) is 4.48. The van der Waals surface area contributed by atoms with E-state index in [0.717, 1.165) is 0 Å². The van der Waals surface area contributed by atoms with Crippen molar-refractivity contribution in [2.24, 2.45) is 0 Å². The maximum atomic E-state index is 13.7. The standard InChI is InChI=1S/C13H16F2N2O/c1-16-12(18)10-4-2-9(3-5-10)11-6-7-17-8-13(11,14)15/h2-5,11,17H,6-8H2,1H3,(H,16,18). The molecule has 1 saturated heterocycles. The van der Waals surface area contributed by atoms with E-state index in [1.165, 1.54) is 7.05 Å². The molecule has 1 aromatic carbocycles. The van der Waals surface area contributed by atoms with Gasteiger partial charge in [-0.2, -0.15) is 0 Å². The van der Waals surface area contributed by atoms with Gasteiger partial charge in [-0.25, -0.2) is 8.78 Å². The average molecular weight is 254 g/mol. The van der Waals surface area contributed by atoms with E-state index >= 15 is 0 Å². The molecule has 0 bridgehead atoms. The third kappa shape index (κ3) is 2.51. The van der Waals surface area contributed by atoms with Crippen LogP contribution in [0.5, 0.6) is 0 Å². The minimum atomic E-state index is -2.73. The molecule has 98 valence electrons. The molecule has 1 aromatic rings. The summed E-state index contributed by atoms with van der Waals surface area (Å²) in [7, 11) is 1.54. The summed E-state index contributed by atoms with van der Waals surface area (Å²) < 4.78 is 27.5. The van der Waals surface area contributed by atoms with Crippen molar-refractivity contribution >= 4 is 5.91 Å². The van der Waals surface area contributed by atoms with E-state index < -0.39 is 11.8 Å². The van der Waals surface area contributed by atoms with Gasteiger partial charge in [-0.15, -0.1) is 0 Å². The van der Waals surface area contributed by atoms with Gasteiger partial charge < -0.3 is 10.6 Å². The molecule has 18 heavy (non-hydrogen) atoms. The number of hydrogen-bond donors (Lipinski definition) is 2. The van der Waals surface area contributed by atoms with Gasteiger partial charge in [-0.05, 0) is 30.7 Å². The molecule has 1 fully saturated rings. The molecular weight excluding hydrogens is 238 g/mol. The second kappa shape index (κ2) is 5.02. The van der Waals surface area contributed by atoms with Crippen molar-refractivity contribution in [2.45, 2.75) is 18.3 Å². The number of piperidine rings is 1. The molecular formula is C13H16F2N2O. The van der Waals surface area contributed by atoms with Crippen LogP contribution in [-0.2, 0) is 0 Å². The fraction of sp³-hybridized carbons (Fsp3) is 0.462. The van der Waals surface area contributed by atoms with Crippen LogP contribution in [0.15, 0.2) is 24.3 Å². The molecule has 0 aliphatic carbocycles. The maximum Gasteiger partial charge on any atom is 0.267 e. The Morgan fingerprint density at radius 1 is 1.39 bits per heavy atom. The predicted octanol–water partition coefficient (Wildman–Crippen LogP) is 1.76. The summed E-state index contributed by atoms with van der Waals surface area (Å²) >= 11 is 0. The maximum absolute atomic E-state index is 13.7. The van der Waals surface area contributed by atoms with Gasteiger partial charge in [0.2, 0.25) is 0 Å². The minimum Gasteiger partial charge on any atom is -0.355 e. The first-order chi connectivity index (χ1) is 8.54. The number of carbonyl (C=O) groups is 1. The van der Waals surface area contributed by atoms with E-state index in [1.807, 2.05) is 0 Å². The van der Waals surface area contributed by atoms with Crippen molar-refractivity contribution in [3.8, 4) is 0 Å². The molecule has 2 rings (SSSR count). The largest absolute Gasteiger partial charge is 0.355 e. The monoisotopic (exact) mass is 254 g/mol. The lowest BCUT2D eigenvalue weighted by Gasteiger charge is -2.32. The van der Waals surface area contributed by atoms with Crippen molar-refractivity contribution in [3.63, 3.8) is 0 Å². The summed E-state index contributed by atoms with van der Waals surface area (Å²) in [6.07, 6.45) is 0.409. The fourth-order valence-electron chi connectivity index (χ4n) is 2.26. The van der Waals surface area contributed by atoms with Crippen LogP contribution in [0.25, 0.3) is 0 Å². The van der Waals surface area contributed by atoms with Gasteiger partial charge in [0, 0.05) is 12.6 Å². The van der Waals surface area contributed by atoms with E-state index in [1.54, 1.807) is 24.3 Å². The number of benzene rings is 1. The van der Waals surface area contributed by atoms with Crippen molar-refractivity contribution < 1.29 is 13.6 Å². The molecule has 0 aromatic heterocycles. The van der Waals surface area contributed by atoms with E-state index in [2.05, 4.69) is 10.6 Å². The highest BCUT2D eigenvalue weighted by Crippen LogP contribution is 2.37. The summed E-state index contributed by atoms with van der Waals surface area (Å²) in [5.74, 6) is -3.71. The van der Waals surface area contributed by atoms with Gasteiger partial charge in [-0.1, -0.05) is 12.1 Å². The number of amides is 1. The normalized spacial score (nSPS) is 22.5. The first-order valence-electron chi connectivity index (χ1n) is 5.95. The zero-order valence-electron chi connectivity index (χ0n) is 10.2. The summed E-state index contributed by atoms with van der Waals surface area (Å²) in [4.78, 5) is 11.4. The summed E-state index contributed by atoms with van der Waals surface area (Å²) in [5, 5.41) is 5.20. The molecule has 3 nitrogen and oxygen atoms in total. The Hall–Kier alpha value is -1.49. The molecule has 5 heteroatoms. The quantitative estimate of drug-likeness (QED) is 0.844. The fourth-order valence-corrected chi connectivity index (χ4v) is 2.26. The number of carbonyl (C=O) groups excluding carboxylic acids is 1. The Morgan fingerprint density at radius 2 is 2.06 bits per heavy atom. The van der Waals surface area contributed by atoms with Gasteiger partial charge in [-0.3, -0.25) is 4.79 Å². The van der Waals surface area contributed by atoms with Crippen molar-refractivity contribution in [1.29, 1.82) is 0 Å². The molecule has 2 N–H and O–H groups in total. The third-order valence-corrected chi connectivity index (χ3v) is 3.28. The van der Waals surface area contributed by atoms with Crippen LogP contribution < -0.4 is 10.6 Å². The number of halogens is 2. The summed E-state index contributed by atoms with van der Waals surface area (Å²) in [5.41, 5.74) is 1.08. The Kier molecular flexibility index (Phi) is 3.61. The molecule has 1 amide bonds. The van der Waals surface area contributed by atoms with E-state index in [-0.39, 0.29) is 12.5 Å². The van der Waals surface area contributed by atoms with Crippen LogP contribution in [0.1, 0.15) is 28.3 Å². The van der Waals surface area contributed by atoms with Gasteiger partial charge in [0.1, 0.15) is 0 Å². The second-order valence-electron chi connectivity index (χ2n) is 4.48. The van der Waals surface area contributed by atoms with Crippen molar-refractivity contribution in [3.05, 3.63) is 35.4 Å². The van der Waals surface area contributed by atoms with Gasteiger partial charge >= 0.3 is 0 Å². The van der Waals surface area contributed by atoms with Crippen molar-refractivity contribution in [1.82, 2.24) is 10.6 Å². The molecule has 1 atom stereocenters. The highest BCUT2D eigenvalue weighted by molar-refractivity contribution is 5.93. The lowest BCUT2D eigenvalue weighted by Crippen LogP contribution is -2.44. The zero-order chi connectivity index (χ0) is 13.2. The van der Waals surface area contributed by atoms with Crippen LogP contribution >= 0.6 is 0 Å². The van der Waals surface area contributed by atoms with E-state index in [0.29, 0.717) is 24.1 Å². The Labute approximate surface area is 105 Å². The van der Waals surface area contributed by atoms with Crippen LogP contribution in [0.2, 0.25) is 0 Å². The predicted molar refractivity (Wildman–Crippen MR) is 65.0 cm³/mol. The summed E-state index contributed by atoms with van der Waals surface area (Å²) in [6.45, 7) is 0.312. The first kappa shape index (κ1) is 13.0. The lowest BCUT2D eigenvalue weighted by molar-refractivity contribution is -0.0420. The topological polar surface area (TPSA) is 41.1 Å². The lowest BCUT2D eigenvalue weighted by atomic mass is 9.86.